The van der Waals surface area contributed by atoms with E-state index in [1.54, 1.807) is 12.4 Å². The minimum absolute atomic E-state index is 0.782. The van der Waals surface area contributed by atoms with E-state index in [4.69, 9.17) is 14.7 Å². The molecule has 0 aliphatic carbocycles. The predicted octanol–water partition coefficient (Wildman–Crippen LogP) is 12.6. The Morgan fingerprint density at radius 3 is 1.78 bits per heavy atom. The molecule has 0 saturated carbocycles. The second-order valence-electron chi connectivity index (χ2n) is 12.7. The number of hydrogen-bond acceptors (Lipinski definition) is 5. The number of benzene rings is 8. The highest BCUT2D eigenvalue weighted by atomic mass is 16.5. The van der Waals surface area contributed by atoms with Crippen LogP contribution in [0.5, 0.6) is 11.5 Å². The van der Waals surface area contributed by atoms with Gasteiger partial charge in [0.1, 0.15) is 0 Å². The van der Waals surface area contributed by atoms with Crippen LogP contribution in [0.25, 0.3) is 43.7 Å². The van der Waals surface area contributed by atoms with Gasteiger partial charge in [-0.15, -0.1) is 0 Å². The molecule has 10 rings (SSSR count). The van der Waals surface area contributed by atoms with Gasteiger partial charge in [-0.2, -0.15) is 0 Å². The van der Waals surface area contributed by atoms with E-state index < -0.39 is 0 Å². The molecule has 1 aromatic heterocycles. The molecule has 5 heteroatoms. The summed E-state index contributed by atoms with van der Waals surface area (Å²) in [5, 5.41) is 4.41. The third kappa shape index (κ3) is 4.86. The lowest BCUT2D eigenvalue weighted by molar-refractivity contribution is 0.477. The lowest BCUT2D eigenvalue weighted by Crippen LogP contribution is -2.17. The van der Waals surface area contributed by atoms with Gasteiger partial charge in [0.05, 0.1) is 22.4 Å². The summed E-state index contributed by atoms with van der Waals surface area (Å²) < 4.78 is 6.68. The SMILES string of the molecule is c1ccc(-c2ccc3c4cc(N5c6ccccc6Oc6cc(N(c7ccccc7)c7ccccc7)ccc65)ccc4c4nccnc4c3c2)cc1. The van der Waals surface area contributed by atoms with Gasteiger partial charge in [-0.05, 0) is 88.6 Å². The number of para-hydroxylation sites is 4. The lowest BCUT2D eigenvalue weighted by atomic mass is 9.95. The minimum Gasteiger partial charge on any atom is -0.453 e. The van der Waals surface area contributed by atoms with Gasteiger partial charge in [0.25, 0.3) is 0 Å². The summed E-state index contributed by atoms with van der Waals surface area (Å²) in [5.74, 6) is 1.58. The van der Waals surface area contributed by atoms with E-state index in [1.165, 1.54) is 5.56 Å². The first-order valence-corrected chi connectivity index (χ1v) is 17.1. The first-order chi connectivity index (χ1) is 25.3. The zero-order valence-corrected chi connectivity index (χ0v) is 27.5. The Morgan fingerprint density at radius 1 is 0.412 bits per heavy atom. The van der Waals surface area contributed by atoms with Crippen molar-refractivity contribution in [2.75, 3.05) is 9.80 Å². The molecule has 5 nitrogen and oxygen atoms in total. The van der Waals surface area contributed by atoms with Crippen molar-refractivity contribution in [3.05, 3.63) is 182 Å². The van der Waals surface area contributed by atoms with Crippen LogP contribution >= 0.6 is 0 Å². The van der Waals surface area contributed by atoms with E-state index >= 15 is 0 Å². The van der Waals surface area contributed by atoms with Gasteiger partial charge in [-0.1, -0.05) is 97.1 Å². The number of aromatic nitrogens is 2. The molecule has 1 aliphatic rings. The third-order valence-electron chi connectivity index (χ3n) is 9.68. The maximum absolute atomic E-state index is 6.68. The van der Waals surface area contributed by atoms with Crippen LogP contribution in [0.4, 0.5) is 34.1 Å². The Hall–Kier alpha value is -6.98. The van der Waals surface area contributed by atoms with Crippen molar-refractivity contribution in [3.8, 4) is 22.6 Å². The standard InChI is InChI=1S/C46H30N4O/c1-4-12-31(13-5-1)32-20-23-37-39-29-35(21-24-38(39)45-46(40(37)28-32)48-27-26-47-45)50-41-18-10-11-19-43(41)51-44-30-36(22-25-42(44)50)49(33-14-6-2-7-15-33)34-16-8-3-9-17-34/h1-30H. The summed E-state index contributed by atoms with van der Waals surface area (Å²) in [6, 6.07) is 59.4. The van der Waals surface area contributed by atoms with Crippen LogP contribution in [0.1, 0.15) is 0 Å². The zero-order chi connectivity index (χ0) is 33.7. The van der Waals surface area contributed by atoms with Crippen LogP contribution in [0, 0.1) is 0 Å². The molecular weight excluding hydrogens is 625 g/mol. The van der Waals surface area contributed by atoms with Gasteiger partial charge >= 0.3 is 0 Å². The number of ether oxygens (including phenoxy) is 1. The summed E-state index contributed by atoms with van der Waals surface area (Å²) in [6.07, 6.45) is 3.56. The molecule has 0 fully saturated rings. The number of nitrogens with zero attached hydrogens (tertiary/aromatic N) is 4. The molecule has 9 aromatic rings. The normalized spacial score (nSPS) is 12.0. The first-order valence-electron chi connectivity index (χ1n) is 17.1. The average Bonchev–Trinajstić information content (AvgIpc) is 3.21. The molecule has 51 heavy (non-hydrogen) atoms. The van der Waals surface area contributed by atoms with E-state index in [1.807, 2.05) is 30.3 Å². The molecule has 2 heterocycles. The van der Waals surface area contributed by atoms with Gasteiger partial charge in [-0.25, -0.2) is 0 Å². The Bertz CT molecular complexity index is 2690. The molecule has 0 N–H and O–H groups in total. The predicted molar refractivity (Wildman–Crippen MR) is 209 cm³/mol. The lowest BCUT2D eigenvalue weighted by Gasteiger charge is -2.34. The zero-order valence-electron chi connectivity index (χ0n) is 27.5. The van der Waals surface area contributed by atoms with E-state index in [2.05, 4.69) is 149 Å². The van der Waals surface area contributed by atoms with Crippen molar-refractivity contribution >= 4 is 66.7 Å². The highest BCUT2D eigenvalue weighted by Crippen LogP contribution is 2.53. The van der Waals surface area contributed by atoms with Crippen LogP contribution in [-0.2, 0) is 0 Å². The topological polar surface area (TPSA) is 41.5 Å². The van der Waals surface area contributed by atoms with Crippen LogP contribution < -0.4 is 14.5 Å². The fourth-order valence-electron chi connectivity index (χ4n) is 7.38. The van der Waals surface area contributed by atoms with E-state index in [9.17, 15) is 0 Å². The number of fused-ring (bicyclic) bond motifs is 8. The maximum atomic E-state index is 6.68. The van der Waals surface area contributed by atoms with Crippen molar-refractivity contribution in [1.82, 2.24) is 9.97 Å². The summed E-state index contributed by atoms with van der Waals surface area (Å²) in [5.41, 5.74) is 10.3. The Morgan fingerprint density at radius 2 is 1.04 bits per heavy atom. The summed E-state index contributed by atoms with van der Waals surface area (Å²) in [7, 11) is 0. The van der Waals surface area contributed by atoms with Crippen molar-refractivity contribution in [2.45, 2.75) is 0 Å². The van der Waals surface area contributed by atoms with Crippen molar-refractivity contribution in [3.63, 3.8) is 0 Å². The van der Waals surface area contributed by atoms with E-state index in [0.29, 0.717) is 0 Å². The van der Waals surface area contributed by atoms with Crippen LogP contribution in [0.2, 0.25) is 0 Å². The fourth-order valence-corrected chi connectivity index (χ4v) is 7.38. The second-order valence-corrected chi connectivity index (χ2v) is 12.7. The van der Waals surface area contributed by atoms with Gasteiger partial charge < -0.3 is 14.5 Å². The van der Waals surface area contributed by atoms with E-state index in [0.717, 1.165) is 83.8 Å². The Labute approximate surface area is 295 Å². The minimum atomic E-state index is 0.782. The van der Waals surface area contributed by atoms with Gasteiger partial charge in [0.2, 0.25) is 0 Å². The number of hydrogen-bond donors (Lipinski definition) is 0. The molecule has 0 saturated heterocycles. The molecular formula is C46H30N4O. The largest absolute Gasteiger partial charge is 0.453 e. The second kappa shape index (κ2) is 11.9. The molecule has 0 amide bonds. The molecule has 1 aliphatic heterocycles. The number of rotatable bonds is 5. The van der Waals surface area contributed by atoms with Crippen molar-refractivity contribution in [1.29, 1.82) is 0 Å². The Kier molecular flexibility index (Phi) is 6.74. The van der Waals surface area contributed by atoms with Crippen LogP contribution in [-0.4, -0.2) is 9.97 Å². The number of anilines is 6. The monoisotopic (exact) mass is 654 g/mol. The third-order valence-corrected chi connectivity index (χ3v) is 9.68. The van der Waals surface area contributed by atoms with Gasteiger partial charge in [0.15, 0.2) is 11.5 Å². The molecule has 240 valence electrons. The molecule has 0 spiro atoms. The molecule has 0 bridgehead atoms. The quantitative estimate of drug-likeness (QED) is 0.173. The maximum Gasteiger partial charge on any atom is 0.153 e. The van der Waals surface area contributed by atoms with Crippen LogP contribution in [0.15, 0.2) is 182 Å². The molecule has 0 radical (unpaired) electrons. The smallest absolute Gasteiger partial charge is 0.153 e. The van der Waals surface area contributed by atoms with Gasteiger partial charge in [-0.3, -0.25) is 9.97 Å². The highest BCUT2D eigenvalue weighted by Gasteiger charge is 2.28. The molecule has 0 atom stereocenters. The van der Waals surface area contributed by atoms with Crippen molar-refractivity contribution in [2.24, 2.45) is 0 Å². The Balaban J connectivity index is 1.16. The fraction of sp³-hybridized carbons (Fsp3) is 0. The van der Waals surface area contributed by atoms with Crippen molar-refractivity contribution < 1.29 is 4.74 Å². The summed E-state index contributed by atoms with van der Waals surface area (Å²) >= 11 is 0. The summed E-state index contributed by atoms with van der Waals surface area (Å²) in [4.78, 5) is 14.2. The van der Waals surface area contributed by atoms with Crippen LogP contribution in [0.3, 0.4) is 0 Å². The molecule has 8 aromatic carbocycles. The average molecular weight is 655 g/mol. The summed E-state index contributed by atoms with van der Waals surface area (Å²) in [6.45, 7) is 0. The van der Waals surface area contributed by atoms with Gasteiger partial charge in [0, 0.05) is 52.0 Å². The molecule has 0 unspecified atom stereocenters. The highest BCUT2D eigenvalue weighted by molar-refractivity contribution is 6.24. The van der Waals surface area contributed by atoms with E-state index in [-0.39, 0.29) is 0 Å². The first kappa shape index (κ1) is 29.0.